The van der Waals surface area contributed by atoms with Crippen LogP contribution in [0.2, 0.25) is 0 Å². The molecule has 3 aromatic rings. The summed E-state index contributed by atoms with van der Waals surface area (Å²) in [5, 5.41) is 1.78. The summed E-state index contributed by atoms with van der Waals surface area (Å²) in [7, 11) is -3.98. The minimum atomic E-state index is -4.65. The van der Waals surface area contributed by atoms with Crippen LogP contribution in [0.15, 0.2) is 77.7 Å². The van der Waals surface area contributed by atoms with Crippen molar-refractivity contribution in [1.82, 2.24) is 0 Å². The summed E-state index contributed by atoms with van der Waals surface area (Å²) in [6, 6.07) is 15.5. The second-order valence-corrected chi connectivity index (χ2v) is 10.2. The molecule has 3 aromatic carbocycles. The number of anilines is 1. The van der Waals surface area contributed by atoms with Crippen LogP contribution in [0.4, 0.5) is 23.2 Å². The fourth-order valence-corrected chi connectivity index (χ4v) is 5.48. The van der Waals surface area contributed by atoms with Crippen LogP contribution in [0.3, 0.4) is 0 Å². The molecule has 178 valence electrons. The maximum Gasteiger partial charge on any atom is 0.416 e. The maximum absolute atomic E-state index is 13.0. The lowest BCUT2D eigenvalue weighted by molar-refractivity contribution is -0.137. The van der Waals surface area contributed by atoms with Gasteiger partial charge in [0.15, 0.2) is 9.84 Å². The summed E-state index contributed by atoms with van der Waals surface area (Å²) in [6.07, 6.45) is -4.60. The number of hydrogen-bond acceptors (Lipinski definition) is 4. The topological polar surface area (TPSA) is 72.5 Å². The minimum Gasteiger partial charge on any atom is -0.457 e. The van der Waals surface area contributed by atoms with E-state index in [0.717, 1.165) is 18.2 Å². The highest BCUT2D eigenvalue weighted by atomic mass is 32.2. The van der Waals surface area contributed by atoms with Crippen molar-refractivity contribution in [3.8, 4) is 11.5 Å². The molecule has 0 spiro atoms. The van der Waals surface area contributed by atoms with E-state index < -0.39 is 37.6 Å². The van der Waals surface area contributed by atoms with Crippen LogP contribution in [0.25, 0.3) is 0 Å². The monoisotopic (exact) mass is 493 g/mol. The van der Waals surface area contributed by atoms with Crippen molar-refractivity contribution in [1.29, 1.82) is 0 Å². The number of benzene rings is 3. The smallest absolute Gasteiger partial charge is 0.416 e. The second-order valence-electron chi connectivity index (χ2n) is 7.93. The van der Waals surface area contributed by atoms with E-state index in [1.54, 1.807) is 24.3 Å². The quantitative estimate of drug-likeness (QED) is 0.439. The van der Waals surface area contributed by atoms with Crippen LogP contribution in [-0.2, 0) is 20.8 Å². The van der Waals surface area contributed by atoms with E-state index in [1.165, 1.54) is 24.3 Å². The number of nitrogens with one attached hydrogen (secondary N) is 1. The molecule has 1 aliphatic carbocycles. The normalized spacial score (nSPS) is 18.1. The number of rotatable bonds is 6. The summed E-state index contributed by atoms with van der Waals surface area (Å²) in [5.41, 5.74) is -0.560. The van der Waals surface area contributed by atoms with Gasteiger partial charge in [-0.05, 0) is 79.6 Å². The Kier molecular flexibility index (Phi) is 6.35. The van der Waals surface area contributed by atoms with Crippen molar-refractivity contribution in [2.24, 2.45) is 5.92 Å². The van der Waals surface area contributed by atoms with Crippen molar-refractivity contribution < 1.29 is 35.5 Å². The first kappa shape index (κ1) is 23.7. The van der Waals surface area contributed by atoms with Gasteiger partial charge >= 0.3 is 6.18 Å². The number of hydrogen-bond donors (Lipinski definition) is 1. The lowest BCUT2D eigenvalue weighted by Gasteiger charge is -2.33. The summed E-state index contributed by atoms with van der Waals surface area (Å²) < 4.78 is 82.6. The molecular formula is C24H19F4NO4S. The molecule has 0 aromatic heterocycles. The average molecular weight is 493 g/mol. The van der Waals surface area contributed by atoms with Gasteiger partial charge < -0.3 is 10.1 Å². The Labute approximate surface area is 193 Å². The molecule has 0 saturated heterocycles. The minimum absolute atomic E-state index is 0.0240. The molecule has 4 rings (SSSR count). The lowest BCUT2D eigenvalue weighted by Crippen LogP contribution is -2.42. The maximum atomic E-state index is 13.0. The molecule has 1 N–H and O–H groups in total. The van der Waals surface area contributed by atoms with Crippen molar-refractivity contribution >= 4 is 21.4 Å². The largest absolute Gasteiger partial charge is 0.457 e. The van der Waals surface area contributed by atoms with Crippen molar-refractivity contribution in [3.63, 3.8) is 0 Å². The zero-order valence-corrected chi connectivity index (χ0v) is 18.4. The van der Waals surface area contributed by atoms with E-state index in [2.05, 4.69) is 5.32 Å². The molecule has 0 bridgehead atoms. The second kappa shape index (κ2) is 9.09. The Bertz CT molecular complexity index is 1280. The van der Waals surface area contributed by atoms with Crippen molar-refractivity contribution in [2.75, 3.05) is 5.32 Å². The van der Waals surface area contributed by atoms with Crippen LogP contribution < -0.4 is 10.1 Å². The van der Waals surface area contributed by atoms with E-state index in [0.29, 0.717) is 23.3 Å². The van der Waals surface area contributed by atoms with Gasteiger partial charge in [0.25, 0.3) is 0 Å². The van der Waals surface area contributed by atoms with Gasteiger partial charge in [-0.1, -0.05) is 6.07 Å². The van der Waals surface area contributed by atoms with Gasteiger partial charge in [-0.3, -0.25) is 4.79 Å². The molecule has 1 fully saturated rings. The van der Waals surface area contributed by atoms with E-state index in [-0.39, 0.29) is 24.6 Å². The Morgan fingerprint density at radius 3 is 2.09 bits per heavy atom. The summed E-state index contributed by atoms with van der Waals surface area (Å²) in [4.78, 5) is 12.1. The molecule has 0 radical (unpaired) electrons. The highest BCUT2D eigenvalue weighted by Crippen LogP contribution is 2.38. The number of carbonyl (C=O) groups is 1. The molecule has 0 heterocycles. The lowest BCUT2D eigenvalue weighted by atomic mass is 9.84. The third-order valence-electron chi connectivity index (χ3n) is 5.57. The SMILES string of the molecule is O=C(Nc1ccc(Oc2ccc(F)cc2)cc1)C1CC(S(=O)(=O)c2cccc(C(F)(F)F)c2)C1. The van der Waals surface area contributed by atoms with Crippen LogP contribution >= 0.6 is 0 Å². The Morgan fingerprint density at radius 2 is 1.50 bits per heavy atom. The van der Waals surface area contributed by atoms with Crippen LogP contribution in [0.5, 0.6) is 11.5 Å². The van der Waals surface area contributed by atoms with E-state index in [4.69, 9.17) is 4.74 Å². The molecule has 5 nitrogen and oxygen atoms in total. The Balaban J connectivity index is 1.33. The number of sulfone groups is 1. The molecule has 34 heavy (non-hydrogen) atoms. The van der Waals surface area contributed by atoms with Gasteiger partial charge in [0.05, 0.1) is 15.7 Å². The molecule has 1 aliphatic rings. The van der Waals surface area contributed by atoms with Crippen LogP contribution in [-0.4, -0.2) is 19.6 Å². The Hall–Kier alpha value is -3.40. The molecule has 1 saturated carbocycles. The molecule has 10 heteroatoms. The number of ether oxygens (including phenoxy) is 1. The van der Waals surface area contributed by atoms with Gasteiger partial charge in [-0.15, -0.1) is 0 Å². The predicted molar refractivity (Wildman–Crippen MR) is 117 cm³/mol. The van der Waals surface area contributed by atoms with Gasteiger partial charge in [0, 0.05) is 11.6 Å². The van der Waals surface area contributed by atoms with Gasteiger partial charge in [-0.2, -0.15) is 13.2 Å². The standard InChI is InChI=1S/C24H19F4NO4S/c25-17-4-8-19(9-5-17)33-20-10-6-18(7-11-20)29-23(30)15-12-22(13-15)34(31,32)21-3-1-2-16(14-21)24(26,27)28/h1-11,14-15,22H,12-13H2,(H,29,30). The molecule has 0 unspecified atom stereocenters. The van der Waals surface area contributed by atoms with Crippen LogP contribution in [0.1, 0.15) is 18.4 Å². The van der Waals surface area contributed by atoms with Crippen molar-refractivity contribution in [2.45, 2.75) is 29.2 Å². The highest BCUT2D eigenvalue weighted by molar-refractivity contribution is 7.92. The summed E-state index contributed by atoms with van der Waals surface area (Å²) >= 11 is 0. The number of carbonyl (C=O) groups excluding carboxylic acids is 1. The predicted octanol–water partition coefficient (Wildman–Crippen LogP) is 5.83. The first-order valence-corrected chi connectivity index (χ1v) is 11.8. The van der Waals surface area contributed by atoms with E-state index >= 15 is 0 Å². The molecule has 0 atom stereocenters. The summed E-state index contributed by atoms with van der Waals surface area (Å²) in [6.45, 7) is 0. The first-order chi connectivity index (χ1) is 16.0. The number of alkyl halides is 3. The average Bonchev–Trinajstić information content (AvgIpc) is 2.75. The summed E-state index contributed by atoms with van der Waals surface area (Å²) in [5.74, 6) is -0.407. The van der Waals surface area contributed by atoms with Gasteiger partial charge in [0.1, 0.15) is 17.3 Å². The van der Waals surface area contributed by atoms with E-state index in [1.807, 2.05) is 0 Å². The molecule has 0 aliphatic heterocycles. The third kappa shape index (κ3) is 5.22. The first-order valence-electron chi connectivity index (χ1n) is 10.3. The van der Waals surface area contributed by atoms with E-state index in [9.17, 15) is 30.8 Å². The highest BCUT2D eigenvalue weighted by Gasteiger charge is 2.43. The zero-order chi connectivity index (χ0) is 24.5. The van der Waals surface area contributed by atoms with Gasteiger partial charge in [-0.25, -0.2) is 12.8 Å². The molecule has 1 amide bonds. The fourth-order valence-electron chi connectivity index (χ4n) is 3.56. The fraction of sp³-hybridized carbons (Fsp3) is 0.208. The Morgan fingerprint density at radius 1 is 0.912 bits per heavy atom. The van der Waals surface area contributed by atoms with Gasteiger partial charge in [0.2, 0.25) is 5.91 Å². The van der Waals surface area contributed by atoms with Crippen LogP contribution in [0, 0.1) is 11.7 Å². The molecular weight excluding hydrogens is 474 g/mol. The number of amides is 1. The third-order valence-corrected chi connectivity index (χ3v) is 7.74. The number of halogens is 4. The zero-order valence-electron chi connectivity index (χ0n) is 17.6. The van der Waals surface area contributed by atoms with Crippen molar-refractivity contribution in [3.05, 3.63) is 84.2 Å².